The van der Waals surface area contributed by atoms with Crippen LogP contribution in [-0.4, -0.2) is 35.6 Å². The van der Waals surface area contributed by atoms with Crippen molar-refractivity contribution in [3.63, 3.8) is 0 Å². The smallest absolute Gasteiger partial charge is 0.410 e. The van der Waals surface area contributed by atoms with Crippen molar-refractivity contribution in [3.05, 3.63) is 23.7 Å². The van der Waals surface area contributed by atoms with Gasteiger partial charge in [0.05, 0.1) is 12.0 Å². The number of carbonyl (C=O) groups is 2. The number of aryl methyl sites for hydroxylation is 1. The van der Waals surface area contributed by atoms with Crippen molar-refractivity contribution in [1.82, 2.24) is 10.2 Å². The summed E-state index contributed by atoms with van der Waals surface area (Å²) in [5.41, 5.74) is -0.525. The second-order valence-corrected chi connectivity index (χ2v) is 7.09. The summed E-state index contributed by atoms with van der Waals surface area (Å²) in [7, 11) is 0. The van der Waals surface area contributed by atoms with E-state index in [0.717, 1.165) is 11.5 Å². The van der Waals surface area contributed by atoms with Gasteiger partial charge >= 0.3 is 6.09 Å². The molecule has 2 heterocycles. The normalized spacial score (nSPS) is 19.5. The van der Waals surface area contributed by atoms with Crippen LogP contribution in [0, 0.1) is 12.8 Å². The highest BCUT2D eigenvalue weighted by Gasteiger charge is 2.34. The molecular formula is C17H26N2O4. The van der Waals surface area contributed by atoms with Gasteiger partial charge in [-0.1, -0.05) is 0 Å². The molecule has 0 radical (unpaired) electrons. The first-order valence-corrected chi connectivity index (χ1v) is 8.00. The van der Waals surface area contributed by atoms with Crippen LogP contribution in [0.15, 0.2) is 16.5 Å². The second kappa shape index (κ2) is 6.64. The van der Waals surface area contributed by atoms with E-state index >= 15 is 0 Å². The lowest BCUT2D eigenvalue weighted by Gasteiger charge is -2.24. The van der Waals surface area contributed by atoms with Crippen LogP contribution in [0.5, 0.6) is 0 Å². The molecule has 23 heavy (non-hydrogen) atoms. The molecule has 6 heteroatoms. The minimum absolute atomic E-state index is 0.0578. The summed E-state index contributed by atoms with van der Waals surface area (Å²) in [6.07, 6.45) is 0.289. The molecule has 0 unspecified atom stereocenters. The maximum absolute atomic E-state index is 12.4. The number of nitrogens with zero attached hydrogens (tertiary/aromatic N) is 1. The SMILES string of the molecule is Cc1ccc([C@@H](C)NC(=O)[C@H]2CCN(C(=O)OC(C)(C)C)C2)o1. The predicted molar refractivity (Wildman–Crippen MR) is 85.9 cm³/mol. The van der Waals surface area contributed by atoms with E-state index < -0.39 is 5.60 Å². The molecule has 0 aromatic carbocycles. The first kappa shape index (κ1) is 17.4. The molecule has 1 aromatic heterocycles. The second-order valence-electron chi connectivity index (χ2n) is 7.09. The predicted octanol–water partition coefficient (Wildman–Crippen LogP) is 3.02. The van der Waals surface area contributed by atoms with Gasteiger partial charge in [0.25, 0.3) is 0 Å². The number of carbonyl (C=O) groups excluding carboxylic acids is 2. The lowest BCUT2D eigenvalue weighted by molar-refractivity contribution is -0.125. The van der Waals surface area contributed by atoms with Gasteiger partial charge in [0.15, 0.2) is 0 Å². The molecular weight excluding hydrogens is 296 g/mol. The number of hydrogen-bond donors (Lipinski definition) is 1. The van der Waals surface area contributed by atoms with Crippen molar-refractivity contribution in [1.29, 1.82) is 0 Å². The summed E-state index contributed by atoms with van der Waals surface area (Å²) < 4.78 is 10.9. The molecule has 0 aliphatic carbocycles. The molecule has 1 saturated heterocycles. The van der Waals surface area contributed by atoms with Gasteiger partial charge < -0.3 is 19.4 Å². The molecule has 2 atom stereocenters. The number of ether oxygens (including phenoxy) is 1. The average Bonchev–Trinajstić information content (AvgIpc) is 3.05. The van der Waals surface area contributed by atoms with Gasteiger partial charge in [0, 0.05) is 13.1 Å². The van der Waals surface area contributed by atoms with Gasteiger partial charge in [0.1, 0.15) is 17.1 Å². The zero-order chi connectivity index (χ0) is 17.2. The molecule has 0 spiro atoms. The Labute approximate surface area is 137 Å². The monoisotopic (exact) mass is 322 g/mol. The van der Waals surface area contributed by atoms with Crippen LogP contribution in [0.2, 0.25) is 0 Å². The van der Waals surface area contributed by atoms with E-state index in [9.17, 15) is 9.59 Å². The van der Waals surface area contributed by atoms with E-state index in [-0.39, 0.29) is 24.0 Å². The van der Waals surface area contributed by atoms with E-state index in [4.69, 9.17) is 9.15 Å². The molecule has 1 aromatic rings. The molecule has 1 aliphatic rings. The molecule has 0 bridgehead atoms. The topological polar surface area (TPSA) is 71.8 Å². The van der Waals surface area contributed by atoms with Crippen molar-refractivity contribution in [2.75, 3.05) is 13.1 Å². The van der Waals surface area contributed by atoms with Crippen LogP contribution in [-0.2, 0) is 9.53 Å². The Morgan fingerprint density at radius 1 is 1.39 bits per heavy atom. The Morgan fingerprint density at radius 3 is 2.65 bits per heavy atom. The maximum Gasteiger partial charge on any atom is 0.410 e. The Balaban J connectivity index is 1.86. The van der Waals surface area contributed by atoms with E-state index in [1.165, 1.54) is 0 Å². The molecule has 2 amide bonds. The Kier molecular flexibility index (Phi) is 5.02. The third-order valence-electron chi connectivity index (χ3n) is 3.76. The molecule has 0 saturated carbocycles. The fourth-order valence-corrected chi connectivity index (χ4v) is 2.56. The minimum Gasteiger partial charge on any atom is -0.464 e. The largest absolute Gasteiger partial charge is 0.464 e. The maximum atomic E-state index is 12.4. The van der Waals surface area contributed by atoms with Crippen molar-refractivity contribution in [2.45, 2.75) is 52.7 Å². The van der Waals surface area contributed by atoms with Gasteiger partial charge in [-0.15, -0.1) is 0 Å². The summed E-state index contributed by atoms with van der Waals surface area (Å²) in [6.45, 7) is 10.2. The first-order chi connectivity index (χ1) is 10.7. The fourth-order valence-electron chi connectivity index (χ4n) is 2.56. The van der Waals surface area contributed by atoms with Crippen molar-refractivity contribution >= 4 is 12.0 Å². The number of likely N-dealkylation sites (tertiary alicyclic amines) is 1. The number of furan rings is 1. The zero-order valence-electron chi connectivity index (χ0n) is 14.5. The van der Waals surface area contributed by atoms with Crippen molar-refractivity contribution < 1.29 is 18.7 Å². The van der Waals surface area contributed by atoms with Crippen LogP contribution in [0.25, 0.3) is 0 Å². The number of amides is 2. The summed E-state index contributed by atoms with van der Waals surface area (Å²) in [5.74, 6) is 1.29. The minimum atomic E-state index is -0.525. The van der Waals surface area contributed by atoms with Gasteiger partial charge in [0.2, 0.25) is 5.91 Å². The first-order valence-electron chi connectivity index (χ1n) is 8.00. The van der Waals surface area contributed by atoms with Crippen molar-refractivity contribution in [3.8, 4) is 0 Å². The lowest BCUT2D eigenvalue weighted by atomic mass is 10.1. The Bertz CT molecular complexity index is 573. The summed E-state index contributed by atoms with van der Waals surface area (Å²) in [6, 6.07) is 3.55. The highest BCUT2D eigenvalue weighted by molar-refractivity contribution is 5.81. The molecule has 1 fully saturated rings. The summed E-state index contributed by atoms with van der Waals surface area (Å²) in [5, 5.41) is 2.95. The molecule has 1 N–H and O–H groups in total. The van der Waals surface area contributed by atoms with E-state index in [2.05, 4.69) is 5.32 Å². The van der Waals surface area contributed by atoms with Gasteiger partial charge in [-0.2, -0.15) is 0 Å². The molecule has 2 rings (SSSR count). The Morgan fingerprint density at radius 2 is 2.09 bits per heavy atom. The number of rotatable bonds is 3. The fraction of sp³-hybridized carbons (Fsp3) is 0.647. The van der Waals surface area contributed by atoms with E-state index in [1.807, 2.05) is 46.8 Å². The van der Waals surface area contributed by atoms with Gasteiger partial charge in [-0.25, -0.2) is 4.79 Å². The number of nitrogens with one attached hydrogen (secondary N) is 1. The standard InChI is InChI=1S/C17H26N2O4/c1-11-6-7-14(22-11)12(2)18-15(20)13-8-9-19(10-13)16(21)23-17(3,4)5/h6-7,12-13H,8-10H2,1-5H3,(H,18,20)/t12-,13+/m1/s1. The molecule has 128 valence electrons. The molecule has 6 nitrogen and oxygen atoms in total. The van der Waals surface area contributed by atoms with Gasteiger partial charge in [-0.05, 0) is 53.2 Å². The Hall–Kier alpha value is -1.98. The average molecular weight is 322 g/mol. The van der Waals surface area contributed by atoms with Crippen LogP contribution in [0.4, 0.5) is 4.79 Å². The van der Waals surface area contributed by atoms with Crippen LogP contribution in [0.3, 0.4) is 0 Å². The third kappa shape index (κ3) is 4.74. The van der Waals surface area contributed by atoms with Crippen LogP contribution < -0.4 is 5.32 Å². The van der Waals surface area contributed by atoms with Crippen LogP contribution >= 0.6 is 0 Å². The van der Waals surface area contributed by atoms with E-state index in [0.29, 0.717) is 19.5 Å². The number of hydrogen-bond acceptors (Lipinski definition) is 4. The summed E-state index contributed by atoms with van der Waals surface area (Å²) in [4.78, 5) is 26.0. The van der Waals surface area contributed by atoms with Crippen LogP contribution in [0.1, 0.15) is 51.7 Å². The quantitative estimate of drug-likeness (QED) is 0.928. The lowest BCUT2D eigenvalue weighted by Crippen LogP contribution is -2.38. The zero-order valence-corrected chi connectivity index (χ0v) is 14.5. The highest BCUT2D eigenvalue weighted by Crippen LogP contribution is 2.21. The highest BCUT2D eigenvalue weighted by atomic mass is 16.6. The van der Waals surface area contributed by atoms with E-state index in [1.54, 1.807) is 4.90 Å². The van der Waals surface area contributed by atoms with Crippen molar-refractivity contribution in [2.24, 2.45) is 5.92 Å². The van der Waals surface area contributed by atoms with Gasteiger partial charge in [-0.3, -0.25) is 4.79 Å². The third-order valence-corrected chi connectivity index (χ3v) is 3.76. The molecule has 1 aliphatic heterocycles. The summed E-state index contributed by atoms with van der Waals surface area (Å²) >= 11 is 0.